The van der Waals surface area contributed by atoms with Crippen LogP contribution in [-0.2, 0) is 9.59 Å². The van der Waals surface area contributed by atoms with Gasteiger partial charge in [0.05, 0.1) is 18.8 Å². The van der Waals surface area contributed by atoms with E-state index in [1.165, 1.54) is 36.6 Å². The Morgan fingerprint density at radius 1 is 1.12 bits per heavy atom. The molecule has 32 heavy (non-hydrogen) atoms. The van der Waals surface area contributed by atoms with Crippen molar-refractivity contribution in [2.24, 2.45) is 0 Å². The fourth-order valence-corrected chi connectivity index (χ4v) is 6.57. The van der Waals surface area contributed by atoms with E-state index in [0.29, 0.717) is 19.4 Å². The van der Waals surface area contributed by atoms with Gasteiger partial charge in [-0.05, 0) is 62.2 Å². The van der Waals surface area contributed by atoms with Gasteiger partial charge in [0, 0.05) is 17.9 Å². The average molecular weight is 452 g/mol. The van der Waals surface area contributed by atoms with Crippen molar-refractivity contribution in [3.05, 3.63) is 54.1 Å². The second-order valence-electron chi connectivity index (χ2n) is 8.68. The van der Waals surface area contributed by atoms with Crippen molar-refractivity contribution < 1.29 is 14.3 Å². The molecule has 5 rings (SSSR count). The highest BCUT2D eigenvalue weighted by atomic mass is 32.2. The minimum Gasteiger partial charge on any atom is -0.497 e. The molecule has 0 spiro atoms. The van der Waals surface area contributed by atoms with Gasteiger partial charge in [-0.1, -0.05) is 42.4 Å². The van der Waals surface area contributed by atoms with E-state index in [2.05, 4.69) is 22.3 Å². The van der Waals surface area contributed by atoms with Crippen LogP contribution < -0.4 is 15.0 Å². The number of thioether (sulfide) groups is 1. The Kier molecular flexibility index (Phi) is 5.86. The maximum atomic E-state index is 13.6. The molecule has 3 aliphatic rings. The number of hydrogen-bond acceptors (Lipinski definition) is 5. The van der Waals surface area contributed by atoms with Crippen molar-refractivity contribution in [1.82, 2.24) is 10.2 Å². The van der Waals surface area contributed by atoms with Gasteiger partial charge in [0.15, 0.2) is 4.87 Å². The molecule has 0 radical (unpaired) electrons. The topological polar surface area (TPSA) is 61.9 Å². The van der Waals surface area contributed by atoms with E-state index < -0.39 is 4.87 Å². The van der Waals surface area contributed by atoms with Crippen LogP contribution in [-0.4, -0.2) is 48.3 Å². The van der Waals surface area contributed by atoms with E-state index in [-0.39, 0.29) is 17.9 Å². The summed E-state index contributed by atoms with van der Waals surface area (Å²) in [5.74, 6) is 0.787. The number of carbonyl (C=O) groups excluding carboxylic acids is 2. The summed E-state index contributed by atoms with van der Waals surface area (Å²) in [6.45, 7) is 2.58. The molecule has 0 saturated carbocycles. The smallest absolute Gasteiger partial charge is 0.257 e. The predicted molar refractivity (Wildman–Crippen MR) is 126 cm³/mol. The number of likely N-dealkylation sites (tertiary alicyclic amines) is 1. The molecule has 2 amide bonds. The number of ether oxygens (including phenoxy) is 1. The van der Waals surface area contributed by atoms with E-state index >= 15 is 0 Å². The maximum Gasteiger partial charge on any atom is 0.257 e. The normalized spacial score (nSPS) is 23.5. The van der Waals surface area contributed by atoms with Crippen molar-refractivity contribution >= 4 is 29.3 Å². The minimum atomic E-state index is -0.868. The van der Waals surface area contributed by atoms with Crippen molar-refractivity contribution in [3.8, 4) is 5.75 Å². The van der Waals surface area contributed by atoms with Gasteiger partial charge in [-0.25, -0.2) is 0 Å². The van der Waals surface area contributed by atoms with E-state index in [1.54, 1.807) is 12.0 Å². The molecule has 3 aliphatic heterocycles. The Balaban J connectivity index is 1.37. The number of nitrogens with zero attached hydrogens (tertiary/aromatic N) is 2. The second-order valence-corrected chi connectivity index (χ2v) is 10.00. The largest absolute Gasteiger partial charge is 0.497 e. The van der Waals surface area contributed by atoms with Gasteiger partial charge in [0.1, 0.15) is 5.75 Å². The lowest BCUT2D eigenvalue weighted by atomic mass is 10.0. The van der Waals surface area contributed by atoms with Crippen LogP contribution in [0.1, 0.15) is 43.7 Å². The van der Waals surface area contributed by atoms with Crippen molar-refractivity contribution in [3.63, 3.8) is 0 Å². The maximum absolute atomic E-state index is 13.6. The number of carbonyl (C=O) groups is 2. The Labute approximate surface area is 193 Å². The van der Waals surface area contributed by atoms with E-state index in [1.807, 2.05) is 36.4 Å². The summed E-state index contributed by atoms with van der Waals surface area (Å²) < 4.78 is 5.32. The van der Waals surface area contributed by atoms with Crippen LogP contribution in [0.25, 0.3) is 0 Å². The SMILES string of the molecule is COc1ccc([C@H](CNC(=O)[C@]23CCC(=O)N2c2ccccc2S3)N2CCCCC2)cc1. The summed E-state index contributed by atoms with van der Waals surface area (Å²) in [4.78, 5) is 30.7. The first kappa shape index (κ1) is 21.3. The number of piperidine rings is 1. The molecular weight excluding hydrogens is 422 g/mol. The van der Waals surface area contributed by atoms with Crippen molar-refractivity contribution in [1.29, 1.82) is 0 Å². The van der Waals surface area contributed by atoms with Crippen LogP contribution >= 0.6 is 11.8 Å². The third-order valence-electron chi connectivity index (χ3n) is 6.82. The molecule has 168 valence electrons. The first-order valence-electron chi connectivity index (χ1n) is 11.4. The highest BCUT2D eigenvalue weighted by Crippen LogP contribution is 2.55. The van der Waals surface area contributed by atoms with Crippen molar-refractivity contribution in [2.45, 2.75) is 47.9 Å². The first-order chi connectivity index (χ1) is 15.6. The zero-order valence-corrected chi connectivity index (χ0v) is 19.2. The molecule has 2 saturated heterocycles. The van der Waals surface area contributed by atoms with Gasteiger partial charge in [0.25, 0.3) is 5.91 Å². The number of rotatable bonds is 6. The van der Waals surface area contributed by atoms with Gasteiger partial charge < -0.3 is 10.1 Å². The summed E-state index contributed by atoms with van der Waals surface area (Å²) in [5.41, 5.74) is 2.03. The van der Waals surface area contributed by atoms with Crippen LogP contribution in [0, 0.1) is 0 Å². The molecule has 0 aromatic heterocycles. The van der Waals surface area contributed by atoms with Gasteiger partial charge in [-0.2, -0.15) is 0 Å². The lowest BCUT2D eigenvalue weighted by Crippen LogP contribution is -2.53. The summed E-state index contributed by atoms with van der Waals surface area (Å²) in [7, 11) is 1.67. The Bertz CT molecular complexity index is 1010. The molecule has 3 heterocycles. The molecule has 0 unspecified atom stereocenters. The van der Waals surface area contributed by atoms with E-state index in [0.717, 1.165) is 29.4 Å². The van der Waals surface area contributed by atoms with Crippen LogP contribution in [0.15, 0.2) is 53.4 Å². The number of amides is 2. The molecule has 2 atom stereocenters. The monoisotopic (exact) mass is 451 g/mol. The zero-order valence-electron chi connectivity index (χ0n) is 18.4. The van der Waals surface area contributed by atoms with E-state index in [4.69, 9.17) is 4.74 Å². The quantitative estimate of drug-likeness (QED) is 0.720. The summed E-state index contributed by atoms with van der Waals surface area (Å²) in [6.07, 6.45) is 4.56. The average Bonchev–Trinajstić information content (AvgIpc) is 3.36. The molecule has 0 aliphatic carbocycles. The first-order valence-corrected chi connectivity index (χ1v) is 12.2. The molecule has 7 heteroatoms. The number of para-hydroxylation sites is 1. The molecule has 1 N–H and O–H groups in total. The predicted octanol–water partition coefficient (Wildman–Crippen LogP) is 3.97. The fourth-order valence-electron chi connectivity index (χ4n) is 5.14. The third kappa shape index (κ3) is 3.67. The zero-order chi connectivity index (χ0) is 22.1. The minimum absolute atomic E-state index is 0.0281. The van der Waals surface area contributed by atoms with Crippen LogP contribution in [0.2, 0.25) is 0 Å². The molecule has 0 bridgehead atoms. The number of nitrogens with one attached hydrogen (secondary N) is 1. The Hall–Kier alpha value is -2.51. The number of anilines is 1. The Morgan fingerprint density at radius 3 is 2.62 bits per heavy atom. The molecule has 6 nitrogen and oxygen atoms in total. The fraction of sp³-hybridized carbons (Fsp3) is 0.440. The summed E-state index contributed by atoms with van der Waals surface area (Å²) >= 11 is 1.52. The Morgan fingerprint density at radius 2 is 1.88 bits per heavy atom. The van der Waals surface area contributed by atoms with E-state index in [9.17, 15) is 9.59 Å². The molecule has 2 aromatic rings. The van der Waals surface area contributed by atoms with Gasteiger partial charge in [-0.15, -0.1) is 0 Å². The highest BCUT2D eigenvalue weighted by molar-refractivity contribution is 8.02. The van der Waals surface area contributed by atoms with Gasteiger partial charge in [-0.3, -0.25) is 19.4 Å². The second kappa shape index (κ2) is 8.79. The standard InChI is InChI=1S/C25H29N3O3S/c1-31-19-11-9-18(10-12-19)21(27-15-5-2-6-16-27)17-26-24(30)25-14-13-23(29)28(25)20-7-3-4-8-22(20)32-25/h3-4,7-12,21H,2,5-6,13-17H2,1H3,(H,26,30)/t21-,25+/m0/s1. The number of benzene rings is 2. The summed E-state index contributed by atoms with van der Waals surface area (Å²) in [6, 6.07) is 16.1. The highest BCUT2D eigenvalue weighted by Gasteiger charge is 2.57. The number of methoxy groups -OCH3 is 1. The van der Waals surface area contributed by atoms with Crippen LogP contribution in [0.3, 0.4) is 0 Å². The van der Waals surface area contributed by atoms with Gasteiger partial charge in [0.2, 0.25) is 5.91 Å². The van der Waals surface area contributed by atoms with Gasteiger partial charge >= 0.3 is 0 Å². The lowest BCUT2D eigenvalue weighted by molar-refractivity contribution is -0.125. The molecule has 2 fully saturated rings. The summed E-state index contributed by atoms with van der Waals surface area (Å²) in [5, 5.41) is 3.24. The lowest BCUT2D eigenvalue weighted by Gasteiger charge is -2.36. The van der Waals surface area contributed by atoms with Crippen molar-refractivity contribution in [2.75, 3.05) is 31.6 Å². The number of hydrogen-bond donors (Lipinski definition) is 1. The molecule has 2 aromatic carbocycles. The van der Waals surface area contributed by atoms with Crippen LogP contribution in [0.4, 0.5) is 5.69 Å². The number of fused-ring (bicyclic) bond motifs is 3. The molecular formula is C25H29N3O3S. The van der Waals surface area contributed by atoms with Crippen LogP contribution in [0.5, 0.6) is 5.75 Å². The third-order valence-corrected chi connectivity index (χ3v) is 8.29.